The van der Waals surface area contributed by atoms with Crippen molar-refractivity contribution in [2.45, 2.75) is 13.5 Å². The number of amides is 2. The highest BCUT2D eigenvalue weighted by atomic mass is 19.1. The van der Waals surface area contributed by atoms with Gasteiger partial charge in [0.25, 0.3) is 11.8 Å². The molecule has 0 spiro atoms. The topological polar surface area (TPSA) is 208 Å². The second kappa shape index (κ2) is 12.1. The van der Waals surface area contributed by atoms with Gasteiger partial charge in [0.15, 0.2) is 23.8 Å². The number of hydrogen-bond donors (Lipinski definition) is 3. The minimum absolute atomic E-state index is 0.00939. The van der Waals surface area contributed by atoms with Crippen molar-refractivity contribution >= 4 is 23.8 Å². The van der Waals surface area contributed by atoms with Crippen LogP contribution in [-0.4, -0.2) is 56.5 Å². The summed E-state index contributed by atoms with van der Waals surface area (Å²) in [6.45, 7) is 1.59. The van der Waals surface area contributed by atoms with Gasteiger partial charge in [-0.05, 0) is 65.3 Å². The highest BCUT2D eigenvalue weighted by Gasteiger charge is 2.24. The summed E-state index contributed by atoms with van der Waals surface area (Å²) in [5.74, 6) is -0.893. The molecular weight excluding hydrogens is 517 g/mol. The van der Waals surface area contributed by atoms with E-state index in [4.69, 9.17) is 25.7 Å². The quantitative estimate of drug-likeness (QED) is 0.171. The van der Waals surface area contributed by atoms with Gasteiger partial charge in [0.1, 0.15) is 23.9 Å². The van der Waals surface area contributed by atoms with Crippen molar-refractivity contribution in [2.24, 2.45) is 10.8 Å². The molecule has 0 atom stereocenters. The molecule has 15 nitrogen and oxygen atoms in total. The lowest BCUT2D eigenvalue weighted by atomic mass is 10.2. The number of anilines is 1. The number of nitrogen functional groups attached to an aromatic ring is 1. The molecule has 0 aliphatic rings. The van der Waals surface area contributed by atoms with Crippen LogP contribution in [-0.2, 0) is 11.4 Å². The van der Waals surface area contributed by atoms with Crippen LogP contribution in [0.1, 0.15) is 28.7 Å². The SMILES string of the molecule is CCOc1cc(/C=N\NC(=O)c2nnn(-c3nonc3N)c2COc2ccc(F)cc2)ccc1OCC(N)=O. The molecular formula is C23H22FN9O6. The van der Waals surface area contributed by atoms with E-state index in [0.717, 1.165) is 4.68 Å². The average molecular weight is 539 g/mol. The van der Waals surface area contributed by atoms with Crippen molar-refractivity contribution in [2.75, 3.05) is 18.9 Å². The Morgan fingerprint density at radius 2 is 1.92 bits per heavy atom. The lowest BCUT2D eigenvalue weighted by Gasteiger charge is -2.11. The first kappa shape index (κ1) is 26.5. The van der Waals surface area contributed by atoms with Gasteiger partial charge in [0, 0.05) is 0 Å². The molecule has 0 saturated carbocycles. The Morgan fingerprint density at radius 3 is 2.62 bits per heavy atom. The second-order valence-electron chi connectivity index (χ2n) is 7.61. The van der Waals surface area contributed by atoms with Crippen LogP contribution in [0.2, 0.25) is 0 Å². The van der Waals surface area contributed by atoms with Gasteiger partial charge < -0.3 is 25.7 Å². The number of benzene rings is 2. The van der Waals surface area contributed by atoms with Crippen LogP contribution in [0.3, 0.4) is 0 Å². The molecule has 202 valence electrons. The number of hydrazone groups is 1. The maximum Gasteiger partial charge on any atom is 0.293 e. The van der Waals surface area contributed by atoms with Crippen LogP contribution < -0.4 is 31.1 Å². The number of rotatable bonds is 12. The predicted molar refractivity (Wildman–Crippen MR) is 132 cm³/mol. The van der Waals surface area contributed by atoms with Crippen LogP contribution in [0.4, 0.5) is 10.2 Å². The fraction of sp³-hybridized carbons (Fsp3) is 0.174. The number of halogens is 1. The van der Waals surface area contributed by atoms with E-state index in [2.05, 4.69) is 35.8 Å². The number of nitrogens with one attached hydrogen (secondary N) is 1. The Labute approximate surface area is 219 Å². The minimum atomic E-state index is -0.725. The number of primary amides is 1. The molecule has 0 aliphatic heterocycles. The van der Waals surface area contributed by atoms with Crippen molar-refractivity contribution in [1.29, 1.82) is 0 Å². The van der Waals surface area contributed by atoms with Gasteiger partial charge in [-0.3, -0.25) is 9.59 Å². The Bertz CT molecular complexity index is 1490. The number of ether oxygens (including phenoxy) is 3. The van der Waals surface area contributed by atoms with Crippen molar-refractivity contribution < 1.29 is 32.8 Å². The van der Waals surface area contributed by atoms with Crippen LogP contribution >= 0.6 is 0 Å². The summed E-state index contributed by atoms with van der Waals surface area (Å²) in [6.07, 6.45) is 1.36. The Balaban J connectivity index is 1.52. The van der Waals surface area contributed by atoms with Gasteiger partial charge in [-0.15, -0.1) is 5.10 Å². The highest BCUT2D eigenvalue weighted by Crippen LogP contribution is 2.28. The van der Waals surface area contributed by atoms with Gasteiger partial charge >= 0.3 is 0 Å². The zero-order valence-electron chi connectivity index (χ0n) is 20.4. The minimum Gasteiger partial charge on any atom is -0.490 e. The molecule has 0 saturated heterocycles. The number of nitrogens with two attached hydrogens (primary N) is 2. The molecule has 0 radical (unpaired) electrons. The van der Waals surface area contributed by atoms with E-state index in [1.807, 2.05) is 0 Å². The third kappa shape index (κ3) is 6.62. The molecule has 2 aromatic heterocycles. The van der Waals surface area contributed by atoms with Crippen molar-refractivity contribution in [3.8, 4) is 23.1 Å². The summed E-state index contributed by atoms with van der Waals surface area (Å²) in [5.41, 5.74) is 13.8. The average Bonchev–Trinajstić information content (AvgIpc) is 3.53. The summed E-state index contributed by atoms with van der Waals surface area (Å²) in [6, 6.07) is 10.1. The van der Waals surface area contributed by atoms with Gasteiger partial charge in [-0.2, -0.15) is 9.78 Å². The fourth-order valence-electron chi connectivity index (χ4n) is 3.16. The molecule has 0 fully saturated rings. The maximum atomic E-state index is 13.2. The molecule has 0 aliphatic carbocycles. The molecule has 5 N–H and O–H groups in total. The molecule has 4 aromatic rings. The van der Waals surface area contributed by atoms with Gasteiger partial charge in [0.05, 0.1) is 12.8 Å². The largest absolute Gasteiger partial charge is 0.490 e. The van der Waals surface area contributed by atoms with Crippen LogP contribution in [0.25, 0.3) is 5.82 Å². The predicted octanol–water partition coefficient (Wildman–Crippen LogP) is 0.977. The standard InChI is InChI=1S/C23H22FN9O6/c1-2-36-18-9-13(3-8-17(18)38-12-19(25)34)10-27-29-23(35)20-16(11-37-15-6-4-14(24)5-7-15)33(32-28-20)22-21(26)30-39-31-22/h3-10H,2,11-12H2,1H3,(H2,25,34)(H2,26,30)(H,29,35)/b27-10-. The first-order valence-electron chi connectivity index (χ1n) is 11.3. The van der Waals surface area contributed by atoms with E-state index in [9.17, 15) is 14.0 Å². The van der Waals surface area contributed by atoms with Crippen LogP contribution in [0, 0.1) is 5.82 Å². The van der Waals surface area contributed by atoms with Crippen LogP contribution in [0.15, 0.2) is 52.2 Å². The van der Waals surface area contributed by atoms with Gasteiger partial charge in [-0.25, -0.2) is 14.4 Å². The molecule has 2 heterocycles. The number of carbonyl (C=O) groups is 2. The monoisotopic (exact) mass is 539 g/mol. The van der Waals surface area contributed by atoms with E-state index in [1.165, 1.54) is 30.5 Å². The zero-order chi connectivity index (χ0) is 27.8. The lowest BCUT2D eigenvalue weighted by Crippen LogP contribution is -2.21. The molecule has 0 bridgehead atoms. The van der Waals surface area contributed by atoms with E-state index in [0.29, 0.717) is 29.4 Å². The Morgan fingerprint density at radius 1 is 1.13 bits per heavy atom. The van der Waals surface area contributed by atoms with E-state index in [1.54, 1.807) is 25.1 Å². The number of nitrogens with zero attached hydrogens (tertiary/aromatic N) is 6. The summed E-state index contributed by atoms with van der Waals surface area (Å²) in [7, 11) is 0. The second-order valence-corrected chi connectivity index (χ2v) is 7.61. The van der Waals surface area contributed by atoms with Crippen molar-refractivity contribution in [3.63, 3.8) is 0 Å². The summed E-state index contributed by atoms with van der Waals surface area (Å²) >= 11 is 0. The first-order chi connectivity index (χ1) is 18.9. The molecule has 39 heavy (non-hydrogen) atoms. The molecule has 2 amide bonds. The third-order valence-corrected chi connectivity index (χ3v) is 4.88. The highest BCUT2D eigenvalue weighted by molar-refractivity contribution is 5.94. The maximum absolute atomic E-state index is 13.2. The van der Waals surface area contributed by atoms with E-state index < -0.39 is 17.6 Å². The van der Waals surface area contributed by atoms with Crippen molar-refractivity contribution in [1.82, 2.24) is 30.7 Å². The van der Waals surface area contributed by atoms with Crippen LogP contribution in [0.5, 0.6) is 17.2 Å². The Hall–Kier alpha value is -5.54. The molecule has 4 rings (SSSR count). The number of carbonyl (C=O) groups excluding carboxylic acids is 2. The number of hydrogen-bond acceptors (Lipinski definition) is 12. The van der Waals surface area contributed by atoms with Gasteiger partial charge in [-0.1, -0.05) is 5.21 Å². The zero-order valence-corrected chi connectivity index (χ0v) is 20.4. The number of aromatic nitrogens is 5. The first-order valence-corrected chi connectivity index (χ1v) is 11.3. The summed E-state index contributed by atoms with van der Waals surface area (Å²) < 4.78 is 35.5. The summed E-state index contributed by atoms with van der Waals surface area (Å²) in [4.78, 5) is 23.9. The normalized spacial score (nSPS) is 10.9. The smallest absolute Gasteiger partial charge is 0.293 e. The fourth-order valence-corrected chi connectivity index (χ4v) is 3.16. The van der Waals surface area contributed by atoms with Gasteiger partial charge in [0.2, 0.25) is 11.6 Å². The van der Waals surface area contributed by atoms with E-state index >= 15 is 0 Å². The third-order valence-electron chi connectivity index (χ3n) is 4.88. The molecule has 2 aromatic carbocycles. The Kier molecular flexibility index (Phi) is 8.25. The lowest BCUT2D eigenvalue weighted by molar-refractivity contribution is -0.119. The summed E-state index contributed by atoms with van der Waals surface area (Å²) in [5, 5.41) is 18.9. The molecule has 0 unspecified atom stereocenters. The van der Waals surface area contributed by atoms with E-state index in [-0.39, 0.29) is 36.2 Å². The molecule has 16 heteroatoms. The van der Waals surface area contributed by atoms with Crippen molar-refractivity contribution in [3.05, 3.63) is 65.2 Å².